The van der Waals surface area contributed by atoms with E-state index in [1.807, 2.05) is 44.2 Å². The van der Waals surface area contributed by atoms with Gasteiger partial charge in [0.2, 0.25) is 0 Å². The third-order valence-electron chi connectivity index (χ3n) is 9.08. The zero-order valence-electron chi connectivity index (χ0n) is 28.4. The van der Waals surface area contributed by atoms with Gasteiger partial charge in [0, 0.05) is 50.1 Å². The molecule has 2 aromatic carbocycles. The molecule has 4 rings (SSSR count). The molecule has 1 aliphatic heterocycles. The van der Waals surface area contributed by atoms with Gasteiger partial charge in [0.25, 0.3) is 5.91 Å². The number of hydrogen-bond donors (Lipinski definition) is 4. The Labute approximate surface area is 279 Å². The Kier molecular flexibility index (Phi) is 13.7. The Morgan fingerprint density at radius 1 is 0.979 bits per heavy atom. The largest absolute Gasteiger partial charge is 0.490 e. The van der Waals surface area contributed by atoms with Crippen LogP contribution in [-0.2, 0) is 4.74 Å². The molecule has 4 N–H and O–H groups in total. The van der Waals surface area contributed by atoms with Crippen LogP contribution >= 0.6 is 0 Å². The summed E-state index contributed by atoms with van der Waals surface area (Å²) >= 11 is 0. The molecule has 11 nitrogen and oxygen atoms in total. The third-order valence-corrected chi connectivity index (χ3v) is 9.08. The Morgan fingerprint density at radius 2 is 1.70 bits per heavy atom. The van der Waals surface area contributed by atoms with Crippen molar-refractivity contribution in [2.24, 2.45) is 5.92 Å². The minimum atomic E-state index is -0.505. The summed E-state index contributed by atoms with van der Waals surface area (Å²) in [5, 5.41) is 19.1. The lowest BCUT2D eigenvalue weighted by molar-refractivity contribution is -0.0115. The number of urea groups is 2. The molecule has 47 heavy (non-hydrogen) atoms. The molecule has 0 radical (unpaired) electrons. The van der Waals surface area contributed by atoms with Crippen LogP contribution in [-0.4, -0.2) is 90.5 Å². The van der Waals surface area contributed by atoms with Gasteiger partial charge in [-0.15, -0.1) is 0 Å². The van der Waals surface area contributed by atoms with Gasteiger partial charge in [-0.3, -0.25) is 4.79 Å². The van der Waals surface area contributed by atoms with Crippen molar-refractivity contribution in [2.75, 3.05) is 44.0 Å². The van der Waals surface area contributed by atoms with Gasteiger partial charge in [0.15, 0.2) is 0 Å². The third kappa shape index (κ3) is 10.9. The van der Waals surface area contributed by atoms with Crippen LogP contribution < -0.4 is 20.7 Å². The van der Waals surface area contributed by atoms with E-state index in [4.69, 9.17) is 9.47 Å². The maximum atomic E-state index is 14.3. The molecule has 0 saturated heterocycles. The van der Waals surface area contributed by atoms with Crippen LogP contribution in [0.25, 0.3) is 0 Å². The Balaban J connectivity index is 1.56. The quantitative estimate of drug-likeness (QED) is 0.286. The monoisotopic (exact) mass is 651 g/mol. The van der Waals surface area contributed by atoms with Crippen molar-refractivity contribution >= 4 is 29.3 Å². The fourth-order valence-electron chi connectivity index (χ4n) is 6.16. The lowest BCUT2D eigenvalue weighted by Crippen LogP contribution is -2.48. The summed E-state index contributed by atoms with van der Waals surface area (Å²) in [6.45, 7) is 6.63. The van der Waals surface area contributed by atoms with Gasteiger partial charge in [-0.2, -0.15) is 0 Å². The molecule has 258 valence electrons. The van der Waals surface area contributed by atoms with Crippen LogP contribution in [0.15, 0.2) is 48.5 Å². The maximum absolute atomic E-state index is 14.3. The van der Waals surface area contributed by atoms with Crippen molar-refractivity contribution in [1.29, 1.82) is 0 Å². The number of fused-ring (bicyclic) bond motifs is 1. The molecule has 1 fully saturated rings. The number of likely N-dealkylation sites (N-methyl/N-ethyl adjacent to an activating group) is 1. The van der Waals surface area contributed by atoms with E-state index in [1.165, 1.54) is 6.42 Å². The fourth-order valence-corrected chi connectivity index (χ4v) is 6.16. The van der Waals surface area contributed by atoms with Crippen LogP contribution in [0.2, 0.25) is 0 Å². The highest BCUT2D eigenvalue weighted by Gasteiger charge is 2.31. The van der Waals surface area contributed by atoms with E-state index < -0.39 is 6.04 Å². The highest BCUT2D eigenvalue weighted by molar-refractivity contribution is 5.99. The number of carbonyl (C=O) groups is 3. The van der Waals surface area contributed by atoms with Gasteiger partial charge < -0.3 is 40.3 Å². The highest BCUT2D eigenvalue weighted by atomic mass is 16.5. The summed E-state index contributed by atoms with van der Waals surface area (Å²) in [4.78, 5) is 43.5. The van der Waals surface area contributed by atoms with E-state index >= 15 is 0 Å². The summed E-state index contributed by atoms with van der Waals surface area (Å²) in [6.07, 6.45) is 7.25. The average Bonchev–Trinajstić information content (AvgIpc) is 3.06. The molecule has 0 bridgehead atoms. The van der Waals surface area contributed by atoms with E-state index in [1.54, 1.807) is 42.0 Å². The second-order valence-electron chi connectivity index (χ2n) is 13.1. The molecule has 1 saturated carbocycles. The molecule has 1 aliphatic carbocycles. The molecular weight excluding hydrogens is 598 g/mol. The highest BCUT2D eigenvalue weighted by Crippen LogP contribution is 2.29. The van der Waals surface area contributed by atoms with Gasteiger partial charge in [-0.25, -0.2) is 9.59 Å². The molecule has 4 atom stereocenters. The molecule has 2 aromatic rings. The molecular formula is C36H53N5O6. The molecule has 0 spiro atoms. The first kappa shape index (κ1) is 36.0. The zero-order chi connectivity index (χ0) is 33.8. The molecule has 2 aliphatic rings. The number of anilines is 2. The predicted molar refractivity (Wildman–Crippen MR) is 184 cm³/mol. The van der Waals surface area contributed by atoms with Crippen LogP contribution in [0, 0.1) is 5.92 Å². The number of nitrogens with one attached hydrogen (secondary N) is 3. The average molecular weight is 652 g/mol. The number of ether oxygens (including phenoxy) is 2. The Bertz CT molecular complexity index is 1300. The van der Waals surface area contributed by atoms with Crippen LogP contribution in [0.4, 0.5) is 21.0 Å². The van der Waals surface area contributed by atoms with Crippen LogP contribution in [0.3, 0.4) is 0 Å². The second-order valence-corrected chi connectivity index (χ2v) is 13.1. The number of para-hydroxylation sites is 1. The number of carbonyl (C=O) groups excluding carboxylic acids is 3. The SMILES string of the molecule is C[C@@H]1CCCCO[C@H](CN(C)C(=O)Nc2ccccc2)[C@H](C)CN([C@H](C)CO)C(=O)c2cc(NC(=O)NC3CCCCC3)ccc2O1. The van der Waals surface area contributed by atoms with Gasteiger partial charge in [-0.05, 0) is 76.3 Å². The first-order valence-electron chi connectivity index (χ1n) is 17.1. The number of aliphatic hydroxyl groups is 1. The predicted octanol–water partition coefficient (Wildman–Crippen LogP) is 6.10. The molecule has 11 heteroatoms. The van der Waals surface area contributed by atoms with E-state index in [2.05, 4.69) is 16.0 Å². The van der Waals surface area contributed by atoms with Crippen molar-refractivity contribution in [2.45, 2.75) is 96.4 Å². The number of aliphatic hydroxyl groups excluding tert-OH is 1. The number of hydrogen-bond acceptors (Lipinski definition) is 6. The number of amides is 5. The van der Waals surface area contributed by atoms with E-state index in [0.717, 1.165) is 44.9 Å². The Morgan fingerprint density at radius 3 is 2.43 bits per heavy atom. The van der Waals surface area contributed by atoms with Crippen molar-refractivity contribution < 1.29 is 29.0 Å². The van der Waals surface area contributed by atoms with Crippen molar-refractivity contribution in [3.05, 3.63) is 54.1 Å². The van der Waals surface area contributed by atoms with Crippen molar-refractivity contribution in [3.8, 4) is 5.75 Å². The van der Waals surface area contributed by atoms with E-state index in [9.17, 15) is 19.5 Å². The summed E-state index contributed by atoms with van der Waals surface area (Å²) < 4.78 is 12.7. The van der Waals surface area contributed by atoms with Crippen molar-refractivity contribution in [1.82, 2.24) is 15.1 Å². The fraction of sp³-hybridized carbons (Fsp3) is 0.583. The number of rotatable bonds is 7. The topological polar surface area (TPSA) is 132 Å². The first-order chi connectivity index (χ1) is 22.6. The zero-order valence-corrected chi connectivity index (χ0v) is 28.4. The second kappa shape index (κ2) is 17.9. The maximum Gasteiger partial charge on any atom is 0.321 e. The molecule has 0 aromatic heterocycles. The number of benzene rings is 2. The molecule has 0 unspecified atom stereocenters. The molecule has 1 heterocycles. The molecule has 5 amide bonds. The summed E-state index contributed by atoms with van der Waals surface area (Å²) in [6, 6.07) is 13.5. The summed E-state index contributed by atoms with van der Waals surface area (Å²) in [5.74, 6) is -0.0673. The minimum Gasteiger partial charge on any atom is -0.490 e. The minimum absolute atomic E-state index is 0.146. The first-order valence-corrected chi connectivity index (χ1v) is 17.1. The smallest absolute Gasteiger partial charge is 0.321 e. The lowest BCUT2D eigenvalue weighted by atomic mass is 9.96. The number of nitrogens with zero attached hydrogens (tertiary/aromatic N) is 2. The summed E-state index contributed by atoms with van der Waals surface area (Å²) in [5.41, 5.74) is 1.50. The van der Waals surface area contributed by atoms with Gasteiger partial charge >= 0.3 is 12.1 Å². The van der Waals surface area contributed by atoms with E-state index in [-0.39, 0.29) is 55.3 Å². The van der Waals surface area contributed by atoms with Crippen molar-refractivity contribution in [3.63, 3.8) is 0 Å². The lowest BCUT2D eigenvalue weighted by Gasteiger charge is -2.35. The summed E-state index contributed by atoms with van der Waals surface area (Å²) in [7, 11) is 1.73. The van der Waals surface area contributed by atoms with Crippen LogP contribution in [0.1, 0.15) is 82.5 Å². The van der Waals surface area contributed by atoms with Gasteiger partial charge in [-0.1, -0.05) is 44.4 Å². The van der Waals surface area contributed by atoms with Gasteiger partial charge in [0.1, 0.15) is 5.75 Å². The van der Waals surface area contributed by atoms with Crippen LogP contribution in [0.5, 0.6) is 5.75 Å². The standard InChI is InChI=1S/C36H53N5O6/c1-25-22-41(26(2)24-42)34(43)31-21-30(38-35(44)37-28-14-7-5-8-15-28)18-19-32(31)47-27(3)13-11-12-20-46-33(25)23-40(4)36(45)39-29-16-9-6-10-17-29/h6,9-10,16-19,21,25-28,33,42H,5,7-8,11-15,20,22-24H2,1-4H3,(H,39,45)(H2,37,38,44)/t25-,26-,27-,33-/m1/s1. The normalized spacial score (nSPS) is 22.2. The van der Waals surface area contributed by atoms with Gasteiger partial charge in [0.05, 0.1) is 30.4 Å². The van der Waals surface area contributed by atoms with E-state index in [0.29, 0.717) is 35.8 Å². The Hall–Kier alpha value is -3.83.